The lowest BCUT2D eigenvalue weighted by molar-refractivity contribution is 0.117. The highest BCUT2D eigenvalue weighted by molar-refractivity contribution is 7.13. The number of nitrogens with two attached hydrogens (primary N) is 1. The predicted octanol–water partition coefficient (Wildman–Crippen LogP) is 0.629. The second-order valence-corrected chi connectivity index (χ2v) is 6.14. The first-order valence-electron chi connectivity index (χ1n) is 7.05. The number of hydrogen-bond acceptors (Lipinski definition) is 6. The number of aromatic nitrogens is 1. The second kappa shape index (κ2) is 6.17. The second-order valence-electron chi connectivity index (χ2n) is 5.26. The molecule has 0 spiro atoms. The summed E-state index contributed by atoms with van der Waals surface area (Å²) in [6.07, 6.45) is 3.04. The molecule has 1 aromatic heterocycles. The minimum absolute atomic E-state index is 0.487. The van der Waals surface area contributed by atoms with Gasteiger partial charge in [-0.05, 0) is 6.42 Å². The van der Waals surface area contributed by atoms with Crippen molar-refractivity contribution in [3.05, 3.63) is 11.6 Å². The Morgan fingerprint density at radius 3 is 2.84 bits per heavy atom. The summed E-state index contributed by atoms with van der Waals surface area (Å²) in [6.45, 7) is 6.80. The normalized spacial score (nSPS) is 26.8. The van der Waals surface area contributed by atoms with Crippen LogP contribution in [0.1, 0.15) is 6.42 Å². The van der Waals surface area contributed by atoms with E-state index in [0.717, 1.165) is 57.5 Å². The molecule has 2 unspecified atom stereocenters. The standard InChI is InChI=1S/C13H22N4OS/c14-9-12(11-1-7-18-10-11)16-3-5-17(6-4-16)13-15-2-8-19-13/h2,8,11-12H,1,3-7,9-10,14H2. The Hall–Kier alpha value is -0.690. The van der Waals surface area contributed by atoms with E-state index in [2.05, 4.69) is 14.8 Å². The fourth-order valence-electron chi connectivity index (χ4n) is 3.11. The van der Waals surface area contributed by atoms with Crippen molar-refractivity contribution in [2.24, 2.45) is 11.7 Å². The summed E-state index contributed by atoms with van der Waals surface area (Å²) in [5.41, 5.74) is 5.99. The molecule has 2 N–H and O–H groups in total. The van der Waals surface area contributed by atoms with Crippen LogP contribution in [0.2, 0.25) is 0 Å². The molecule has 5 nitrogen and oxygen atoms in total. The van der Waals surface area contributed by atoms with Crippen LogP contribution in [-0.2, 0) is 4.74 Å². The van der Waals surface area contributed by atoms with Crippen molar-refractivity contribution in [3.8, 4) is 0 Å². The van der Waals surface area contributed by atoms with Crippen molar-refractivity contribution in [1.29, 1.82) is 0 Å². The van der Waals surface area contributed by atoms with E-state index in [1.165, 1.54) is 0 Å². The van der Waals surface area contributed by atoms with E-state index < -0.39 is 0 Å². The SMILES string of the molecule is NCC(C1CCOC1)N1CCN(c2nccs2)CC1. The van der Waals surface area contributed by atoms with Gasteiger partial charge in [-0.3, -0.25) is 4.90 Å². The van der Waals surface area contributed by atoms with E-state index in [4.69, 9.17) is 10.5 Å². The number of thiazole rings is 1. The van der Waals surface area contributed by atoms with Crippen LogP contribution in [0.3, 0.4) is 0 Å². The molecular formula is C13H22N4OS. The number of ether oxygens (including phenoxy) is 1. The minimum atomic E-state index is 0.487. The molecule has 0 amide bonds. The molecular weight excluding hydrogens is 260 g/mol. The molecule has 0 aliphatic carbocycles. The van der Waals surface area contributed by atoms with Crippen LogP contribution in [-0.4, -0.2) is 61.9 Å². The highest BCUT2D eigenvalue weighted by Gasteiger charge is 2.31. The van der Waals surface area contributed by atoms with Crippen LogP contribution in [0.15, 0.2) is 11.6 Å². The minimum Gasteiger partial charge on any atom is -0.381 e. The molecule has 106 valence electrons. The molecule has 3 heterocycles. The van der Waals surface area contributed by atoms with Gasteiger partial charge in [0.2, 0.25) is 0 Å². The van der Waals surface area contributed by atoms with Gasteiger partial charge in [-0.15, -0.1) is 11.3 Å². The van der Waals surface area contributed by atoms with E-state index in [-0.39, 0.29) is 0 Å². The van der Waals surface area contributed by atoms with E-state index in [1.54, 1.807) is 11.3 Å². The third-order valence-electron chi connectivity index (χ3n) is 4.22. The predicted molar refractivity (Wildman–Crippen MR) is 77.7 cm³/mol. The van der Waals surface area contributed by atoms with Gasteiger partial charge in [0.25, 0.3) is 0 Å². The van der Waals surface area contributed by atoms with E-state index in [9.17, 15) is 0 Å². The van der Waals surface area contributed by atoms with Gasteiger partial charge in [-0.25, -0.2) is 4.98 Å². The summed E-state index contributed by atoms with van der Waals surface area (Å²) >= 11 is 1.72. The van der Waals surface area contributed by atoms with Gasteiger partial charge in [-0.1, -0.05) is 0 Å². The zero-order valence-corrected chi connectivity index (χ0v) is 12.0. The van der Waals surface area contributed by atoms with Gasteiger partial charge in [0, 0.05) is 62.9 Å². The van der Waals surface area contributed by atoms with Crippen molar-refractivity contribution in [1.82, 2.24) is 9.88 Å². The fourth-order valence-corrected chi connectivity index (χ4v) is 3.81. The first kappa shape index (κ1) is 13.3. The summed E-state index contributed by atoms with van der Waals surface area (Å²) < 4.78 is 5.51. The van der Waals surface area contributed by atoms with Crippen LogP contribution in [0.25, 0.3) is 0 Å². The van der Waals surface area contributed by atoms with Crippen molar-refractivity contribution in [2.45, 2.75) is 12.5 Å². The summed E-state index contributed by atoms with van der Waals surface area (Å²) in [5.74, 6) is 0.622. The lowest BCUT2D eigenvalue weighted by atomic mass is 9.97. The Morgan fingerprint density at radius 1 is 1.42 bits per heavy atom. The molecule has 0 saturated carbocycles. The highest BCUT2D eigenvalue weighted by Crippen LogP contribution is 2.24. The van der Waals surface area contributed by atoms with Crippen LogP contribution in [0.4, 0.5) is 5.13 Å². The van der Waals surface area contributed by atoms with E-state index >= 15 is 0 Å². The van der Waals surface area contributed by atoms with Gasteiger partial charge in [0.05, 0.1) is 6.61 Å². The summed E-state index contributed by atoms with van der Waals surface area (Å²) in [4.78, 5) is 9.31. The first-order valence-corrected chi connectivity index (χ1v) is 7.93. The number of anilines is 1. The molecule has 0 bridgehead atoms. The van der Waals surface area contributed by atoms with E-state index in [0.29, 0.717) is 12.0 Å². The zero-order valence-electron chi connectivity index (χ0n) is 11.2. The molecule has 3 rings (SSSR count). The average Bonchev–Trinajstić information content (AvgIpc) is 3.14. The van der Waals surface area contributed by atoms with Gasteiger partial charge in [-0.2, -0.15) is 0 Å². The highest BCUT2D eigenvalue weighted by atomic mass is 32.1. The summed E-state index contributed by atoms with van der Waals surface area (Å²) in [6, 6.07) is 0.487. The first-order chi connectivity index (χ1) is 9.38. The number of hydrogen-bond donors (Lipinski definition) is 1. The molecule has 0 aromatic carbocycles. The maximum atomic E-state index is 5.99. The van der Waals surface area contributed by atoms with Crippen LogP contribution >= 0.6 is 11.3 Å². The Morgan fingerprint density at radius 2 is 2.26 bits per heavy atom. The number of nitrogens with zero attached hydrogens (tertiary/aromatic N) is 3. The molecule has 0 radical (unpaired) electrons. The Labute approximate surface area is 118 Å². The molecule has 2 aliphatic rings. The van der Waals surface area contributed by atoms with Crippen LogP contribution in [0.5, 0.6) is 0 Å². The maximum Gasteiger partial charge on any atom is 0.185 e. The number of piperazine rings is 1. The van der Waals surface area contributed by atoms with Gasteiger partial charge < -0.3 is 15.4 Å². The van der Waals surface area contributed by atoms with Crippen molar-refractivity contribution in [2.75, 3.05) is 50.8 Å². The quantitative estimate of drug-likeness (QED) is 0.878. The monoisotopic (exact) mass is 282 g/mol. The molecule has 6 heteroatoms. The third kappa shape index (κ3) is 2.91. The van der Waals surface area contributed by atoms with Crippen molar-refractivity contribution < 1.29 is 4.74 Å². The van der Waals surface area contributed by atoms with Crippen molar-refractivity contribution >= 4 is 16.5 Å². The lowest BCUT2D eigenvalue weighted by Crippen LogP contribution is -2.54. The Balaban J connectivity index is 1.56. The Bertz CT molecular complexity index is 372. The summed E-state index contributed by atoms with van der Waals surface area (Å²) in [5, 5.41) is 3.19. The summed E-state index contributed by atoms with van der Waals surface area (Å²) in [7, 11) is 0. The van der Waals surface area contributed by atoms with Gasteiger partial charge in [0.15, 0.2) is 5.13 Å². The molecule has 1 aromatic rings. The zero-order chi connectivity index (χ0) is 13.1. The van der Waals surface area contributed by atoms with E-state index in [1.807, 2.05) is 11.6 Å². The largest absolute Gasteiger partial charge is 0.381 e. The topological polar surface area (TPSA) is 54.6 Å². The lowest BCUT2D eigenvalue weighted by Gasteiger charge is -2.40. The van der Waals surface area contributed by atoms with Gasteiger partial charge in [0.1, 0.15) is 0 Å². The van der Waals surface area contributed by atoms with Crippen LogP contribution in [0, 0.1) is 5.92 Å². The average molecular weight is 282 g/mol. The van der Waals surface area contributed by atoms with Crippen LogP contribution < -0.4 is 10.6 Å². The molecule has 2 saturated heterocycles. The maximum absolute atomic E-state index is 5.99. The third-order valence-corrected chi connectivity index (χ3v) is 5.06. The molecule has 2 fully saturated rings. The number of rotatable bonds is 4. The molecule has 2 atom stereocenters. The molecule has 2 aliphatic heterocycles. The molecule has 19 heavy (non-hydrogen) atoms. The smallest absolute Gasteiger partial charge is 0.185 e. The van der Waals surface area contributed by atoms with Crippen molar-refractivity contribution in [3.63, 3.8) is 0 Å². The van der Waals surface area contributed by atoms with Gasteiger partial charge >= 0.3 is 0 Å². The Kier molecular flexibility index (Phi) is 4.32. The fraction of sp³-hybridized carbons (Fsp3) is 0.769.